The van der Waals surface area contributed by atoms with Crippen LogP contribution in [-0.4, -0.2) is 38.1 Å². The van der Waals surface area contributed by atoms with E-state index in [0.29, 0.717) is 12.2 Å². The molecule has 0 fully saturated rings. The van der Waals surface area contributed by atoms with Gasteiger partial charge in [-0.25, -0.2) is 13.2 Å². The fourth-order valence-electron chi connectivity index (χ4n) is 3.78. The Hall–Kier alpha value is -2.37. The molecule has 0 saturated heterocycles. The number of hydroxylamine groups is 1. The predicted molar refractivity (Wildman–Crippen MR) is 142 cm³/mol. The molecule has 1 aliphatic rings. The fourth-order valence-corrected chi connectivity index (χ4v) is 5.68. The molecule has 0 radical (unpaired) electrons. The summed E-state index contributed by atoms with van der Waals surface area (Å²) in [4.78, 5) is 17.8. The zero-order chi connectivity index (χ0) is 25.6. The van der Waals surface area contributed by atoms with Crippen LogP contribution in [0.1, 0.15) is 32.8 Å². The summed E-state index contributed by atoms with van der Waals surface area (Å²) < 4.78 is 40.0. The minimum atomic E-state index is -4.03. The van der Waals surface area contributed by atoms with E-state index in [1.165, 1.54) is 12.3 Å². The third kappa shape index (κ3) is 7.08. The number of sulfonamides is 1. The Balaban J connectivity index is 1.96. The van der Waals surface area contributed by atoms with Crippen LogP contribution in [0.15, 0.2) is 77.4 Å². The van der Waals surface area contributed by atoms with E-state index in [9.17, 15) is 13.2 Å². The van der Waals surface area contributed by atoms with Gasteiger partial charge in [0.25, 0.3) is 10.0 Å². The van der Waals surface area contributed by atoms with Crippen molar-refractivity contribution in [2.75, 3.05) is 13.2 Å². The summed E-state index contributed by atoms with van der Waals surface area (Å²) in [6.07, 6.45) is 4.97. The molecule has 3 rings (SSSR count). The van der Waals surface area contributed by atoms with Crippen molar-refractivity contribution in [2.45, 2.75) is 45.1 Å². The molecule has 0 N–H and O–H groups in total. The van der Waals surface area contributed by atoms with Gasteiger partial charge in [-0.2, -0.15) is 0 Å². The lowest BCUT2D eigenvalue weighted by atomic mass is 9.93. The molecular formula is C26H30INO6S. The van der Waals surface area contributed by atoms with Gasteiger partial charge in [0.05, 0.1) is 33.5 Å². The van der Waals surface area contributed by atoms with E-state index < -0.39 is 22.0 Å². The molecule has 1 atom stereocenters. The van der Waals surface area contributed by atoms with Gasteiger partial charge in [0.15, 0.2) is 5.75 Å². The van der Waals surface area contributed by atoms with Crippen LogP contribution in [0.5, 0.6) is 5.75 Å². The van der Waals surface area contributed by atoms with Gasteiger partial charge < -0.3 is 14.3 Å². The summed E-state index contributed by atoms with van der Waals surface area (Å²) >= 11 is 2.12. The minimum absolute atomic E-state index is 0.0964. The lowest BCUT2D eigenvalue weighted by Crippen LogP contribution is -2.44. The zero-order valence-electron chi connectivity index (χ0n) is 20.2. The second kappa shape index (κ2) is 11.6. The number of para-hydroxylation sites is 1. The van der Waals surface area contributed by atoms with Gasteiger partial charge in [0, 0.05) is 0 Å². The maximum atomic E-state index is 13.8. The SMILES string of the molecule is CCOC(=O)/C=C/OCC1=CC(C)(C)CC1N(Oc1ccccc1I)S(=O)(=O)c1ccc(C)cc1. The predicted octanol–water partition coefficient (Wildman–Crippen LogP) is 5.40. The van der Waals surface area contributed by atoms with Crippen molar-refractivity contribution in [1.29, 1.82) is 0 Å². The van der Waals surface area contributed by atoms with E-state index in [4.69, 9.17) is 14.3 Å². The Morgan fingerprint density at radius 2 is 1.86 bits per heavy atom. The molecule has 0 saturated carbocycles. The monoisotopic (exact) mass is 611 g/mol. The van der Waals surface area contributed by atoms with Crippen LogP contribution in [0.3, 0.4) is 0 Å². The van der Waals surface area contributed by atoms with Crippen LogP contribution in [-0.2, 0) is 24.3 Å². The van der Waals surface area contributed by atoms with E-state index in [0.717, 1.165) is 19.2 Å². The Morgan fingerprint density at radius 1 is 1.17 bits per heavy atom. The first kappa shape index (κ1) is 27.2. The first-order valence-electron chi connectivity index (χ1n) is 11.2. The van der Waals surface area contributed by atoms with Crippen LogP contribution in [0.4, 0.5) is 0 Å². The average molecular weight is 611 g/mol. The van der Waals surface area contributed by atoms with Crippen LogP contribution in [0, 0.1) is 15.9 Å². The fraction of sp³-hybridized carbons (Fsp3) is 0.346. The molecule has 35 heavy (non-hydrogen) atoms. The molecular weight excluding hydrogens is 581 g/mol. The molecule has 2 aromatic carbocycles. The number of halogens is 1. The van der Waals surface area contributed by atoms with Gasteiger partial charge in [-0.15, -0.1) is 0 Å². The number of carbonyl (C=O) groups excluding carboxylic acids is 1. The molecule has 0 amide bonds. The van der Waals surface area contributed by atoms with E-state index in [1.54, 1.807) is 43.3 Å². The topological polar surface area (TPSA) is 82.1 Å². The molecule has 1 unspecified atom stereocenters. The minimum Gasteiger partial charge on any atom is -0.497 e. The summed E-state index contributed by atoms with van der Waals surface area (Å²) in [6.45, 7) is 8.05. The molecule has 188 valence electrons. The van der Waals surface area contributed by atoms with Crippen molar-refractivity contribution in [3.8, 4) is 5.75 Å². The van der Waals surface area contributed by atoms with Gasteiger partial charge in [-0.05, 0) is 82.6 Å². The largest absolute Gasteiger partial charge is 0.497 e. The average Bonchev–Trinajstić information content (AvgIpc) is 3.10. The van der Waals surface area contributed by atoms with Crippen molar-refractivity contribution in [1.82, 2.24) is 4.47 Å². The number of ether oxygens (including phenoxy) is 2. The molecule has 0 aliphatic heterocycles. The summed E-state index contributed by atoms with van der Waals surface area (Å²) in [5.74, 6) is -0.0636. The van der Waals surface area contributed by atoms with Gasteiger partial charge in [-0.3, -0.25) is 0 Å². The number of esters is 1. The second-order valence-electron chi connectivity index (χ2n) is 8.89. The molecule has 9 heteroatoms. The molecule has 0 heterocycles. The molecule has 2 aromatic rings. The first-order chi connectivity index (χ1) is 16.5. The summed E-state index contributed by atoms with van der Waals surface area (Å²) in [7, 11) is -4.03. The van der Waals surface area contributed by atoms with Gasteiger partial charge in [0.2, 0.25) is 0 Å². The Kier molecular flexibility index (Phi) is 9.00. The van der Waals surface area contributed by atoms with Gasteiger partial charge in [0.1, 0.15) is 6.61 Å². The van der Waals surface area contributed by atoms with Crippen LogP contribution >= 0.6 is 22.6 Å². The highest BCUT2D eigenvalue weighted by Gasteiger charge is 2.43. The maximum absolute atomic E-state index is 13.8. The van der Waals surface area contributed by atoms with Crippen molar-refractivity contribution in [2.24, 2.45) is 5.41 Å². The smallest absolute Gasteiger partial charge is 0.333 e. The summed E-state index contributed by atoms with van der Waals surface area (Å²) in [5, 5.41) is 0. The first-order valence-corrected chi connectivity index (χ1v) is 13.8. The lowest BCUT2D eigenvalue weighted by Gasteiger charge is -2.30. The Labute approximate surface area is 220 Å². The van der Waals surface area contributed by atoms with Gasteiger partial charge in [-0.1, -0.05) is 49.8 Å². The highest BCUT2D eigenvalue weighted by Crippen LogP contribution is 2.40. The molecule has 0 aromatic heterocycles. The van der Waals surface area contributed by atoms with Crippen molar-refractivity contribution in [3.63, 3.8) is 0 Å². The van der Waals surface area contributed by atoms with Crippen molar-refractivity contribution in [3.05, 3.63) is 81.7 Å². The number of nitrogens with zero attached hydrogens (tertiary/aromatic N) is 1. The van der Waals surface area contributed by atoms with E-state index in [2.05, 4.69) is 22.6 Å². The van der Waals surface area contributed by atoms with Crippen LogP contribution in [0.25, 0.3) is 0 Å². The van der Waals surface area contributed by atoms with E-state index in [1.807, 2.05) is 39.0 Å². The second-order valence-corrected chi connectivity index (χ2v) is 11.8. The van der Waals surface area contributed by atoms with Crippen molar-refractivity contribution < 1.29 is 27.5 Å². The standard InChI is InChI=1S/C26H30INO6S/c1-5-33-25(29)14-15-32-18-20-16-26(3,4)17-23(20)28(34-24-9-7-6-8-22(24)27)35(30,31)21-12-10-19(2)11-13-21/h6-16,23H,5,17-18H2,1-4H3/b15-14+. The maximum Gasteiger partial charge on any atom is 0.333 e. The number of hydrogen-bond donors (Lipinski definition) is 0. The van der Waals surface area contributed by atoms with E-state index in [-0.39, 0.29) is 23.5 Å². The number of allylic oxidation sites excluding steroid dienone is 1. The van der Waals surface area contributed by atoms with Gasteiger partial charge >= 0.3 is 5.97 Å². The summed E-state index contributed by atoms with van der Waals surface area (Å²) in [6, 6.07) is 13.3. The number of aryl methyl sites for hydroxylation is 1. The Bertz CT molecular complexity index is 1200. The molecule has 0 bridgehead atoms. The number of rotatable bonds is 10. The number of benzene rings is 2. The number of carbonyl (C=O) groups is 1. The quantitative estimate of drug-likeness (QED) is 0.0894. The molecule has 7 nitrogen and oxygen atoms in total. The highest BCUT2D eigenvalue weighted by atomic mass is 127. The molecule has 1 aliphatic carbocycles. The third-order valence-electron chi connectivity index (χ3n) is 5.40. The zero-order valence-corrected chi connectivity index (χ0v) is 23.2. The van der Waals surface area contributed by atoms with Crippen LogP contribution in [0.2, 0.25) is 0 Å². The summed E-state index contributed by atoms with van der Waals surface area (Å²) in [5.41, 5.74) is 1.41. The van der Waals surface area contributed by atoms with E-state index >= 15 is 0 Å². The third-order valence-corrected chi connectivity index (χ3v) is 7.96. The Morgan fingerprint density at radius 3 is 2.51 bits per heavy atom. The molecule has 0 spiro atoms. The highest BCUT2D eigenvalue weighted by molar-refractivity contribution is 14.1. The lowest BCUT2D eigenvalue weighted by molar-refractivity contribution is -0.137. The number of hydrogen-bond acceptors (Lipinski definition) is 6. The van der Waals surface area contributed by atoms with Crippen LogP contribution < -0.4 is 4.84 Å². The normalized spacial score (nSPS) is 17.4. The van der Waals surface area contributed by atoms with Crippen molar-refractivity contribution >= 4 is 38.6 Å².